The van der Waals surface area contributed by atoms with Gasteiger partial charge in [-0.05, 0) is 42.0 Å². The molecule has 4 rings (SSSR count). The van der Waals surface area contributed by atoms with E-state index in [1.807, 2.05) is 18.2 Å². The minimum Gasteiger partial charge on any atom is -0.424 e. The van der Waals surface area contributed by atoms with Crippen molar-refractivity contribution in [2.75, 3.05) is 11.9 Å². The Balaban J connectivity index is 1.41. The molecule has 1 heterocycles. The molecule has 5 heteroatoms. The number of oxazole rings is 1. The fraction of sp³-hybridized carbons (Fsp3) is 0.238. The summed E-state index contributed by atoms with van der Waals surface area (Å²) in [4.78, 5) is 4.35. The molecule has 3 aromatic rings. The molecule has 0 saturated heterocycles. The van der Waals surface area contributed by atoms with E-state index >= 15 is 0 Å². The molecule has 2 aromatic carbocycles. The zero-order valence-electron chi connectivity index (χ0n) is 14.2. The highest BCUT2D eigenvalue weighted by molar-refractivity contribution is 5.46. The molecule has 130 valence electrons. The Labute approximate surface area is 151 Å². The van der Waals surface area contributed by atoms with Crippen molar-refractivity contribution in [3.63, 3.8) is 0 Å². The lowest BCUT2D eigenvalue weighted by molar-refractivity contribution is 0.505. The maximum atomic E-state index is 13.1. The lowest BCUT2D eigenvalue weighted by Gasteiger charge is -2.03. The third-order valence-corrected chi connectivity index (χ3v) is 4.70. The summed E-state index contributed by atoms with van der Waals surface area (Å²) in [7, 11) is 0. The van der Waals surface area contributed by atoms with Crippen LogP contribution in [-0.4, -0.2) is 11.5 Å². The topological polar surface area (TPSA) is 61.9 Å². The van der Waals surface area contributed by atoms with E-state index in [4.69, 9.17) is 4.42 Å². The lowest BCUT2D eigenvalue weighted by atomic mass is 10.1. The summed E-state index contributed by atoms with van der Waals surface area (Å²) in [6.45, 7) is 0.666. The molecule has 1 saturated carbocycles. The third kappa shape index (κ3) is 3.45. The number of hydrogen-bond acceptors (Lipinski definition) is 4. The second-order valence-electron chi connectivity index (χ2n) is 6.50. The summed E-state index contributed by atoms with van der Waals surface area (Å²) in [5.74, 6) is 1.20. The summed E-state index contributed by atoms with van der Waals surface area (Å²) in [6, 6.07) is 18.8. The number of nitriles is 1. The summed E-state index contributed by atoms with van der Waals surface area (Å²) in [5, 5.41) is 12.5. The standard InChI is InChI=1S/C21H18FN3O/c22-16-8-6-15(7-9-16)17-12-18(17)20-25-19(13-23)21(26-20)24-11-10-14-4-2-1-3-5-14/h1-9,17-18,24H,10-12H2. The highest BCUT2D eigenvalue weighted by Gasteiger charge is 2.43. The van der Waals surface area contributed by atoms with E-state index in [0.717, 1.165) is 18.4 Å². The number of anilines is 1. The van der Waals surface area contributed by atoms with Crippen LogP contribution in [0.3, 0.4) is 0 Å². The van der Waals surface area contributed by atoms with Crippen LogP contribution in [0.15, 0.2) is 59.0 Å². The molecule has 0 bridgehead atoms. The van der Waals surface area contributed by atoms with Crippen molar-refractivity contribution in [2.24, 2.45) is 0 Å². The summed E-state index contributed by atoms with van der Waals surface area (Å²) in [6.07, 6.45) is 1.74. The molecule has 2 atom stereocenters. The number of rotatable bonds is 6. The van der Waals surface area contributed by atoms with Crippen LogP contribution < -0.4 is 5.32 Å². The van der Waals surface area contributed by atoms with Gasteiger partial charge in [0.25, 0.3) is 0 Å². The Bertz CT molecular complexity index is 928. The number of nitrogens with zero attached hydrogens (tertiary/aromatic N) is 2. The van der Waals surface area contributed by atoms with Crippen LogP contribution in [0.2, 0.25) is 0 Å². The third-order valence-electron chi connectivity index (χ3n) is 4.70. The quantitative estimate of drug-likeness (QED) is 0.707. The molecule has 26 heavy (non-hydrogen) atoms. The number of aromatic nitrogens is 1. The summed E-state index contributed by atoms with van der Waals surface area (Å²) in [5.41, 5.74) is 2.58. The van der Waals surface area contributed by atoms with E-state index in [1.54, 1.807) is 12.1 Å². The van der Waals surface area contributed by atoms with Gasteiger partial charge in [-0.2, -0.15) is 5.26 Å². The average molecular weight is 347 g/mol. The van der Waals surface area contributed by atoms with E-state index in [0.29, 0.717) is 18.3 Å². The van der Waals surface area contributed by atoms with Crippen molar-refractivity contribution in [1.29, 1.82) is 5.26 Å². The van der Waals surface area contributed by atoms with Crippen LogP contribution in [0.25, 0.3) is 0 Å². The van der Waals surface area contributed by atoms with Crippen LogP contribution >= 0.6 is 0 Å². The molecule has 2 unspecified atom stereocenters. The molecule has 0 spiro atoms. The number of nitrogens with one attached hydrogen (secondary N) is 1. The Morgan fingerprint density at radius 1 is 1.12 bits per heavy atom. The van der Waals surface area contributed by atoms with Gasteiger partial charge in [0.1, 0.15) is 11.9 Å². The number of hydrogen-bond donors (Lipinski definition) is 1. The minimum atomic E-state index is -0.237. The fourth-order valence-electron chi connectivity index (χ4n) is 3.20. The van der Waals surface area contributed by atoms with E-state index in [-0.39, 0.29) is 23.3 Å². The fourth-order valence-corrected chi connectivity index (χ4v) is 3.20. The highest BCUT2D eigenvalue weighted by atomic mass is 19.1. The molecule has 0 aliphatic heterocycles. The van der Waals surface area contributed by atoms with Crippen LogP contribution in [0, 0.1) is 17.1 Å². The van der Waals surface area contributed by atoms with E-state index < -0.39 is 0 Å². The number of benzene rings is 2. The zero-order valence-corrected chi connectivity index (χ0v) is 14.2. The van der Waals surface area contributed by atoms with Gasteiger partial charge < -0.3 is 9.73 Å². The second-order valence-corrected chi connectivity index (χ2v) is 6.50. The normalized spacial score (nSPS) is 18.3. The summed E-state index contributed by atoms with van der Waals surface area (Å²) >= 11 is 0. The molecule has 1 aliphatic rings. The molecule has 1 aliphatic carbocycles. The second kappa shape index (κ2) is 7.01. The molecule has 1 fully saturated rings. The smallest absolute Gasteiger partial charge is 0.232 e. The maximum absolute atomic E-state index is 13.1. The van der Waals surface area contributed by atoms with Crippen molar-refractivity contribution < 1.29 is 8.81 Å². The van der Waals surface area contributed by atoms with E-state index in [1.165, 1.54) is 17.7 Å². The first-order chi connectivity index (χ1) is 12.7. The van der Waals surface area contributed by atoms with Gasteiger partial charge in [0, 0.05) is 12.5 Å². The SMILES string of the molecule is N#Cc1nc(C2CC2c2ccc(F)cc2)oc1NCCc1ccccc1. The van der Waals surface area contributed by atoms with Gasteiger partial charge in [-0.25, -0.2) is 9.37 Å². The molecular weight excluding hydrogens is 329 g/mol. The first-order valence-corrected chi connectivity index (χ1v) is 8.68. The zero-order chi connectivity index (χ0) is 17.9. The molecule has 0 amide bonds. The van der Waals surface area contributed by atoms with E-state index in [9.17, 15) is 9.65 Å². The Kier molecular flexibility index (Phi) is 4.40. The number of halogens is 1. The lowest BCUT2D eigenvalue weighted by Crippen LogP contribution is -2.05. The van der Waals surface area contributed by atoms with Gasteiger partial charge in [-0.15, -0.1) is 0 Å². The predicted molar refractivity (Wildman–Crippen MR) is 96.4 cm³/mol. The van der Waals surface area contributed by atoms with Crippen molar-refractivity contribution in [3.05, 3.63) is 83.1 Å². The van der Waals surface area contributed by atoms with Crippen molar-refractivity contribution in [2.45, 2.75) is 24.7 Å². The largest absolute Gasteiger partial charge is 0.424 e. The van der Waals surface area contributed by atoms with Gasteiger partial charge in [0.2, 0.25) is 17.5 Å². The molecule has 4 nitrogen and oxygen atoms in total. The average Bonchev–Trinajstić information content (AvgIpc) is 3.36. The van der Waals surface area contributed by atoms with E-state index in [2.05, 4.69) is 28.5 Å². The Hall–Kier alpha value is -3.13. The van der Waals surface area contributed by atoms with Gasteiger partial charge in [-0.1, -0.05) is 42.5 Å². The predicted octanol–water partition coefficient (Wildman–Crippen LogP) is 4.61. The Morgan fingerprint density at radius 2 is 1.88 bits per heavy atom. The van der Waals surface area contributed by atoms with Crippen LogP contribution in [-0.2, 0) is 6.42 Å². The molecular formula is C21H18FN3O. The maximum Gasteiger partial charge on any atom is 0.232 e. The summed E-state index contributed by atoms with van der Waals surface area (Å²) < 4.78 is 18.9. The molecule has 1 N–H and O–H groups in total. The van der Waals surface area contributed by atoms with Gasteiger partial charge in [0.05, 0.1) is 0 Å². The van der Waals surface area contributed by atoms with Crippen molar-refractivity contribution >= 4 is 5.88 Å². The monoisotopic (exact) mass is 347 g/mol. The van der Waals surface area contributed by atoms with Crippen molar-refractivity contribution in [1.82, 2.24) is 4.98 Å². The van der Waals surface area contributed by atoms with Gasteiger partial charge >= 0.3 is 0 Å². The molecule has 0 radical (unpaired) electrons. The Morgan fingerprint density at radius 3 is 2.62 bits per heavy atom. The van der Waals surface area contributed by atoms with Crippen molar-refractivity contribution in [3.8, 4) is 6.07 Å². The van der Waals surface area contributed by atoms with Crippen LogP contribution in [0.4, 0.5) is 10.3 Å². The highest BCUT2D eigenvalue weighted by Crippen LogP contribution is 2.54. The first-order valence-electron chi connectivity index (χ1n) is 8.68. The van der Waals surface area contributed by atoms with Crippen LogP contribution in [0.5, 0.6) is 0 Å². The molecule has 1 aromatic heterocycles. The van der Waals surface area contributed by atoms with Gasteiger partial charge in [-0.3, -0.25) is 0 Å². The minimum absolute atomic E-state index is 0.150. The first kappa shape index (κ1) is 16.3. The van der Waals surface area contributed by atoms with Crippen LogP contribution in [0.1, 0.15) is 41.0 Å². The van der Waals surface area contributed by atoms with Gasteiger partial charge in [0.15, 0.2) is 0 Å².